The van der Waals surface area contributed by atoms with Crippen LogP contribution in [-0.4, -0.2) is 14.1 Å². The van der Waals surface area contributed by atoms with Crippen molar-refractivity contribution in [1.82, 2.24) is 0 Å². The lowest BCUT2D eigenvalue weighted by atomic mass is 9.85. The van der Waals surface area contributed by atoms with Crippen molar-refractivity contribution in [3.63, 3.8) is 0 Å². The molecule has 140 valence electrons. The fourth-order valence-corrected chi connectivity index (χ4v) is 3.48. The Hall–Kier alpha value is -1.91. The number of hydrogen-bond acceptors (Lipinski definition) is 3. The molecule has 0 amide bonds. The van der Waals surface area contributed by atoms with E-state index in [-0.39, 0.29) is 17.2 Å². The molecule has 0 N–H and O–H groups in total. The monoisotopic (exact) mass is 369 g/mol. The minimum atomic E-state index is -1.88. The topological polar surface area (TPSA) is 29.5 Å². The molecule has 2 aromatic rings. The molecule has 0 bridgehead atoms. The Morgan fingerprint density at radius 1 is 0.962 bits per heavy atom. The first-order valence-corrected chi connectivity index (χ1v) is 12.6. The summed E-state index contributed by atoms with van der Waals surface area (Å²) in [6.07, 6.45) is 0.410. The van der Waals surface area contributed by atoms with Crippen LogP contribution in [0.4, 0.5) is 5.69 Å². The third-order valence-corrected chi connectivity index (χ3v) is 4.81. The number of carbonyl (C=O) groups is 1. The van der Waals surface area contributed by atoms with Crippen LogP contribution in [0.15, 0.2) is 60.7 Å². The average molecular weight is 370 g/mol. The largest absolute Gasteiger partial charge is 0.320 e. The first kappa shape index (κ1) is 20.4. The second-order valence-corrected chi connectivity index (χ2v) is 13.1. The molecule has 1 atom stereocenters. The van der Waals surface area contributed by atoms with Crippen LogP contribution in [0, 0.1) is 5.41 Å². The van der Waals surface area contributed by atoms with Crippen LogP contribution < -0.4 is 5.06 Å². The van der Waals surface area contributed by atoms with Crippen LogP contribution in [0.25, 0.3) is 0 Å². The number of Topliss-reactive ketones (excluding diaryl/α,β-unsaturated/α-hetero) is 1. The van der Waals surface area contributed by atoms with E-state index in [1.54, 1.807) is 0 Å². The molecular formula is C22H31NO2Si. The van der Waals surface area contributed by atoms with Gasteiger partial charge in [-0.05, 0) is 37.3 Å². The van der Waals surface area contributed by atoms with Crippen molar-refractivity contribution in [1.29, 1.82) is 0 Å². The molecule has 0 aromatic heterocycles. The van der Waals surface area contributed by atoms with E-state index >= 15 is 0 Å². The third kappa shape index (κ3) is 5.82. The van der Waals surface area contributed by atoms with Crippen LogP contribution >= 0.6 is 0 Å². The summed E-state index contributed by atoms with van der Waals surface area (Å²) in [6.45, 7) is 12.4. The second-order valence-electron chi connectivity index (χ2n) is 8.67. The molecule has 0 aliphatic carbocycles. The number of para-hydroxylation sites is 1. The summed E-state index contributed by atoms with van der Waals surface area (Å²) in [5.74, 6) is 0.228. The maximum atomic E-state index is 12.9. The smallest absolute Gasteiger partial charge is 0.220 e. The summed E-state index contributed by atoms with van der Waals surface area (Å²) in [5, 5.41) is 1.96. The number of carbonyl (C=O) groups excluding carboxylic acids is 1. The Morgan fingerprint density at radius 2 is 1.46 bits per heavy atom. The van der Waals surface area contributed by atoms with Gasteiger partial charge < -0.3 is 4.53 Å². The molecule has 0 fully saturated rings. The summed E-state index contributed by atoms with van der Waals surface area (Å²) < 4.78 is 6.47. The van der Waals surface area contributed by atoms with Crippen LogP contribution in [0.5, 0.6) is 0 Å². The Kier molecular flexibility index (Phi) is 6.42. The van der Waals surface area contributed by atoms with E-state index in [1.165, 1.54) is 0 Å². The van der Waals surface area contributed by atoms with E-state index in [0.29, 0.717) is 6.42 Å². The number of hydroxylamine groups is 1. The first-order valence-electron chi connectivity index (χ1n) is 9.19. The second kappa shape index (κ2) is 8.19. The van der Waals surface area contributed by atoms with Crippen LogP contribution in [0.3, 0.4) is 0 Å². The highest BCUT2D eigenvalue weighted by molar-refractivity contribution is 6.69. The lowest BCUT2D eigenvalue weighted by Gasteiger charge is -2.38. The highest BCUT2D eigenvalue weighted by Gasteiger charge is 2.32. The number of benzene rings is 2. The third-order valence-electron chi connectivity index (χ3n) is 4.07. The van der Waals surface area contributed by atoms with Gasteiger partial charge in [-0.1, -0.05) is 69.3 Å². The summed E-state index contributed by atoms with van der Waals surface area (Å²) in [6, 6.07) is 20.1. The van der Waals surface area contributed by atoms with E-state index in [0.717, 1.165) is 11.3 Å². The molecule has 0 heterocycles. The van der Waals surface area contributed by atoms with E-state index in [4.69, 9.17) is 4.53 Å². The Labute approximate surface area is 159 Å². The summed E-state index contributed by atoms with van der Waals surface area (Å²) >= 11 is 0. The van der Waals surface area contributed by atoms with Crippen molar-refractivity contribution < 1.29 is 9.32 Å². The van der Waals surface area contributed by atoms with E-state index in [9.17, 15) is 4.79 Å². The minimum absolute atomic E-state index is 0.156. The Morgan fingerprint density at radius 3 is 1.92 bits per heavy atom. The lowest BCUT2D eigenvalue weighted by Crippen LogP contribution is -2.41. The zero-order valence-electron chi connectivity index (χ0n) is 16.8. The van der Waals surface area contributed by atoms with Crippen molar-refractivity contribution in [3.8, 4) is 0 Å². The summed E-state index contributed by atoms with van der Waals surface area (Å²) in [7, 11) is -1.88. The molecular weight excluding hydrogens is 338 g/mol. The van der Waals surface area contributed by atoms with Crippen LogP contribution in [0.2, 0.25) is 19.6 Å². The van der Waals surface area contributed by atoms with Crippen molar-refractivity contribution >= 4 is 19.8 Å². The van der Waals surface area contributed by atoms with Crippen molar-refractivity contribution in [2.75, 3.05) is 5.06 Å². The lowest BCUT2D eigenvalue weighted by molar-refractivity contribution is -0.127. The van der Waals surface area contributed by atoms with Gasteiger partial charge >= 0.3 is 0 Å². The molecule has 1 unspecified atom stereocenters. The molecule has 0 spiro atoms. The standard InChI is InChI=1S/C22H31NO2Si/c1-22(2,3)21(24)17-20(18-13-9-7-10-14-18)23(25-26(4,5)6)19-15-11-8-12-16-19/h7-16,20H,17H2,1-6H3. The molecule has 2 rings (SSSR count). The molecule has 26 heavy (non-hydrogen) atoms. The first-order chi connectivity index (χ1) is 12.1. The van der Waals surface area contributed by atoms with Crippen molar-refractivity contribution in [2.45, 2.75) is 52.9 Å². The minimum Gasteiger partial charge on any atom is -0.320 e. The molecule has 0 saturated heterocycles. The molecule has 2 aromatic carbocycles. The highest BCUT2D eigenvalue weighted by atomic mass is 28.4. The Balaban J connectivity index is 2.49. The maximum absolute atomic E-state index is 12.9. The van der Waals surface area contributed by atoms with Gasteiger partial charge in [-0.25, -0.2) is 0 Å². The highest BCUT2D eigenvalue weighted by Crippen LogP contribution is 2.34. The zero-order valence-corrected chi connectivity index (χ0v) is 17.8. The number of rotatable bonds is 7. The van der Waals surface area contributed by atoms with Crippen molar-refractivity contribution in [3.05, 3.63) is 66.2 Å². The summed E-state index contributed by atoms with van der Waals surface area (Å²) in [5.41, 5.74) is 1.69. The predicted molar refractivity (Wildman–Crippen MR) is 112 cm³/mol. The average Bonchev–Trinajstić information content (AvgIpc) is 2.57. The fraction of sp³-hybridized carbons (Fsp3) is 0.409. The molecule has 0 radical (unpaired) electrons. The van der Waals surface area contributed by atoms with Gasteiger partial charge in [0, 0.05) is 11.8 Å². The number of ketones is 1. The molecule has 0 aliphatic heterocycles. The van der Waals surface area contributed by atoms with Crippen molar-refractivity contribution in [2.24, 2.45) is 5.41 Å². The zero-order chi connectivity index (χ0) is 19.4. The van der Waals surface area contributed by atoms with Gasteiger partial charge in [0.25, 0.3) is 0 Å². The molecule has 3 nitrogen and oxygen atoms in total. The van der Waals surface area contributed by atoms with E-state index < -0.39 is 8.32 Å². The number of hydrogen-bond donors (Lipinski definition) is 0. The normalized spacial score (nSPS) is 13.3. The molecule has 0 aliphatic rings. The molecule has 0 saturated carbocycles. The van der Waals surface area contributed by atoms with Crippen LogP contribution in [0.1, 0.15) is 38.8 Å². The van der Waals surface area contributed by atoms with Gasteiger partial charge in [-0.3, -0.25) is 9.86 Å². The van der Waals surface area contributed by atoms with Gasteiger partial charge in [0.1, 0.15) is 5.78 Å². The van der Waals surface area contributed by atoms with Gasteiger partial charge in [-0.2, -0.15) is 0 Å². The van der Waals surface area contributed by atoms with Gasteiger partial charge in [0.2, 0.25) is 8.32 Å². The SMILES string of the molecule is CC(C)(C)C(=O)CC(c1ccccc1)N(O[Si](C)(C)C)c1ccccc1. The van der Waals surface area contributed by atoms with Gasteiger partial charge in [-0.15, -0.1) is 0 Å². The van der Waals surface area contributed by atoms with Gasteiger partial charge in [0.15, 0.2) is 0 Å². The van der Waals surface area contributed by atoms with Gasteiger partial charge in [0.05, 0.1) is 11.7 Å². The van der Waals surface area contributed by atoms with E-state index in [2.05, 4.69) is 31.8 Å². The Bertz CT molecular complexity index is 702. The molecule has 4 heteroatoms. The maximum Gasteiger partial charge on any atom is 0.220 e. The quantitative estimate of drug-likeness (QED) is 0.442. The number of anilines is 1. The van der Waals surface area contributed by atoms with Crippen LogP contribution in [-0.2, 0) is 9.32 Å². The summed E-state index contributed by atoms with van der Waals surface area (Å²) in [4.78, 5) is 12.9. The fourth-order valence-electron chi connectivity index (χ4n) is 2.66. The predicted octanol–water partition coefficient (Wildman–Crippen LogP) is 6.01. The van der Waals surface area contributed by atoms with E-state index in [1.807, 2.05) is 74.4 Å². The number of nitrogens with zero attached hydrogens (tertiary/aromatic N) is 1.